The molecule has 0 unspecified atom stereocenters. The highest BCUT2D eigenvalue weighted by Crippen LogP contribution is 2.32. The number of ether oxygens (including phenoxy) is 2. The highest BCUT2D eigenvalue weighted by atomic mass is 32.1. The van der Waals surface area contributed by atoms with E-state index in [1.54, 1.807) is 23.5 Å². The standard InChI is InChI=1S/C17H21NO3S/c1-2-10-20-15-7-6-14-17(15)21-11-9-18(14)16(19)8-5-13-4-3-12-22-13/h2-5,8,12,14-15,17H,1,6-7,9-11H2/b8-5+/t14-,15+,17-/m1/s1. The number of carbonyl (C=O) groups is 1. The van der Waals surface area contributed by atoms with Gasteiger partial charge in [-0.05, 0) is 30.4 Å². The minimum atomic E-state index is -0.00668. The van der Waals surface area contributed by atoms with E-state index < -0.39 is 0 Å². The van der Waals surface area contributed by atoms with Gasteiger partial charge < -0.3 is 14.4 Å². The molecule has 0 bridgehead atoms. The molecule has 1 aliphatic heterocycles. The number of fused-ring (bicyclic) bond motifs is 1. The van der Waals surface area contributed by atoms with E-state index in [4.69, 9.17) is 9.47 Å². The number of thiophene rings is 1. The second-order valence-electron chi connectivity index (χ2n) is 5.52. The van der Waals surface area contributed by atoms with Gasteiger partial charge in [0.1, 0.15) is 6.10 Å². The van der Waals surface area contributed by atoms with Crippen LogP contribution in [-0.2, 0) is 14.3 Å². The summed E-state index contributed by atoms with van der Waals surface area (Å²) in [6.45, 7) is 5.44. The number of hydrogen-bond acceptors (Lipinski definition) is 4. The summed E-state index contributed by atoms with van der Waals surface area (Å²) in [5.74, 6) is 0.0658. The van der Waals surface area contributed by atoms with Gasteiger partial charge in [0.2, 0.25) is 5.91 Å². The summed E-state index contributed by atoms with van der Waals surface area (Å²) >= 11 is 1.63. The van der Waals surface area contributed by atoms with Crippen molar-refractivity contribution in [2.45, 2.75) is 31.1 Å². The van der Waals surface area contributed by atoms with Gasteiger partial charge in [-0.3, -0.25) is 4.79 Å². The zero-order chi connectivity index (χ0) is 15.4. The zero-order valence-electron chi connectivity index (χ0n) is 12.5. The lowest BCUT2D eigenvalue weighted by Crippen LogP contribution is -2.53. The maximum Gasteiger partial charge on any atom is 0.247 e. The summed E-state index contributed by atoms with van der Waals surface area (Å²) < 4.78 is 11.6. The largest absolute Gasteiger partial charge is 0.372 e. The monoisotopic (exact) mass is 319 g/mol. The number of rotatable bonds is 5. The summed E-state index contributed by atoms with van der Waals surface area (Å²) in [4.78, 5) is 15.5. The van der Waals surface area contributed by atoms with Crippen molar-refractivity contribution < 1.29 is 14.3 Å². The van der Waals surface area contributed by atoms with E-state index in [2.05, 4.69) is 6.58 Å². The lowest BCUT2D eigenvalue weighted by atomic mass is 10.1. The van der Waals surface area contributed by atoms with E-state index in [9.17, 15) is 4.79 Å². The Morgan fingerprint density at radius 1 is 1.55 bits per heavy atom. The molecule has 0 aromatic carbocycles. The molecule has 0 N–H and O–H groups in total. The second kappa shape index (κ2) is 7.22. The van der Waals surface area contributed by atoms with Gasteiger partial charge in [0, 0.05) is 17.5 Å². The van der Waals surface area contributed by atoms with Crippen LogP contribution in [0.3, 0.4) is 0 Å². The first-order valence-electron chi connectivity index (χ1n) is 7.66. The Morgan fingerprint density at radius 3 is 3.23 bits per heavy atom. The predicted molar refractivity (Wildman–Crippen MR) is 87.8 cm³/mol. The summed E-state index contributed by atoms with van der Waals surface area (Å²) in [5.41, 5.74) is 0. The lowest BCUT2D eigenvalue weighted by Gasteiger charge is -2.38. The Balaban J connectivity index is 1.64. The molecule has 2 aliphatic rings. The maximum atomic E-state index is 12.5. The average Bonchev–Trinajstić information content (AvgIpc) is 3.19. The first-order chi connectivity index (χ1) is 10.8. The molecule has 4 nitrogen and oxygen atoms in total. The average molecular weight is 319 g/mol. The molecule has 0 radical (unpaired) electrons. The van der Waals surface area contributed by atoms with Crippen LogP contribution < -0.4 is 0 Å². The van der Waals surface area contributed by atoms with Crippen LogP contribution in [0.15, 0.2) is 36.2 Å². The number of carbonyl (C=O) groups excluding carboxylic acids is 1. The van der Waals surface area contributed by atoms with Crippen molar-refractivity contribution in [1.29, 1.82) is 0 Å². The molecule has 22 heavy (non-hydrogen) atoms. The number of amides is 1. The van der Waals surface area contributed by atoms with Crippen molar-refractivity contribution in [2.75, 3.05) is 19.8 Å². The van der Waals surface area contributed by atoms with E-state index in [1.807, 2.05) is 28.5 Å². The Hall–Kier alpha value is -1.43. The summed E-state index contributed by atoms with van der Waals surface area (Å²) in [7, 11) is 0. The minimum Gasteiger partial charge on any atom is -0.372 e. The fourth-order valence-corrected chi connectivity index (χ4v) is 3.81. The van der Waals surface area contributed by atoms with Gasteiger partial charge in [0.05, 0.1) is 25.4 Å². The highest BCUT2D eigenvalue weighted by molar-refractivity contribution is 7.10. The normalized spacial score (nSPS) is 28.0. The molecule has 1 amide bonds. The van der Waals surface area contributed by atoms with Gasteiger partial charge in [-0.25, -0.2) is 0 Å². The fourth-order valence-electron chi connectivity index (χ4n) is 3.19. The van der Waals surface area contributed by atoms with Crippen LogP contribution in [0.2, 0.25) is 0 Å². The van der Waals surface area contributed by atoms with Crippen molar-refractivity contribution >= 4 is 23.3 Å². The zero-order valence-corrected chi connectivity index (χ0v) is 13.3. The molecule has 1 aromatic heterocycles. The molecule has 1 aromatic rings. The van der Waals surface area contributed by atoms with Crippen LogP contribution in [0.1, 0.15) is 17.7 Å². The SMILES string of the molecule is C=CCO[C@H]1CC[C@@H]2[C@H]1OCCN2C(=O)/C=C/c1cccs1. The topological polar surface area (TPSA) is 38.8 Å². The quantitative estimate of drug-likeness (QED) is 0.619. The Kier molecular flexibility index (Phi) is 5.08. The van der Waals surface area contributed by atoms with E-state index in [-0.39, 0.29) is 24.2 Å². The van der Waals surface area contributed by atoms with Crippen molar-refractivity contribution in [3.05, 3.63) is 41.1 Å². The van der Waals surface area contributed by atoms with Crippen LogP contribution >= 0.6 is 11.3 Å². The van der Waals surface area contributed by atoms with Crippen molar-refractivity contribution in [1.82, 2.24) is 4.90 Å². The molecule has 2 heterocycles. The van der Waals surface area contributed by atoms with E-state index in [0.717, 1.165) is 17.7 Å². The van der Waals surface area contributed by atoms with Gasteiger partial charge in [-0.1, -0.05) is 12.1 Å². The van der Waals surface area contributed by atoms with Crippen LogP contribution in [0.5, 0.6) is 0 Å². The molecule has 2 fully saturated rings. The second-order valence-corrected chi connectivity index (χ2v) is 6.50. The highest BCUT2D eigenvalue weighted by Gasteiger charge is 2.44. The Labute approximate surface area is 135 Å². The summed E-state index contributed by atoms with van der Waals surface area (Å²) in [6, 6.07) is 4.12. The molecule has 1 saturated heterocycles. The van der Waals surface area contributed by atoms with Crippen LogP contribution in [0.4, 0.5) is 0 Å². The molecular weight excluding hydrogens is 298 g/mol. The van der Waals surface area contributed by atoms with Crippen LogP contribution in [0, 0.1) is 0 Å². The van der Waals surface area contributed by atoms with Gasteiger partial charge in [-0.15, -0.1) is 17.9 Å². The third-order valence-electron chi connectivity index (χ3n) is 4.18. The Bertz CT molecular complexity index is 540. The third kappa shape index (κ3) is 3.32. The molecule has 1 saturated carbocycles. The summed E-state index contributed by atoms with van der Waals surface area (Å²) in [6.07, 6.45) is 7.24. The first-order valence-corrected chi connectivity index (χ1v) is 8.54. The van der Waals surface area contributed by atoms with Gasteiger partial charge in [0.25, 0.3) is 0 Å². The molecule has 5 heteroatoms. The third-order valence-corrected chi connectivity index (χ3v) is 5.02. The Morgan fingerprint density at radius 2 is 2.45 bits per heavy atom. The van der Waals surface area contributed by atoms with Gasteiger partial charge >= 0.3 is 0 Å². The molecule has 118 valence electrons. The van der Waals surface area contributed by atoms with Crippen molar-refractivity contribution in [3.8, 4) is 0 Å². The molecular formula is C17H21NO3S. The van der Waals surface area contributed by atoms with Crippen LogP contribution in [0.25, 0.3) is 6.08 Å². The number of nitrogens with zero attached hydrogens (tertiary/aromatic N) is 1. The summed E-state index contributed by atoms with van der Waals surface area (Å²) in [5, 5.41) is 2.01. The fraction of sp³-hybridized carbons (Fsp3) is 0.471. The van der Waals surface area contributed by atoms with E-state index >= 15 is 0 Å². The lowest BCUT2D eigenvalue weighted by molar-refractivity contribution is -0.146. The van der Waals surface area contributed by atoms with Crippen molar-refractivity contribution in [3.63, 3.8) is 0 Å². The predicted octanol–water partition coefficient (Wildman–Crippen LogP) is 2.72. The first kappa shape index (κ1) is 15.5. The van der Waals surface area contributed by atoms with Gasteiger partial charge in [0.15, 0.2) is 0 Å². The molecule has 3 rings (SSSR count). The van der Waals surface area contributed by atoms with Crippen molar-refractivity contribution in [2.24, 2.45) is 0 Å². The number of morpholine rings is 1. The number of hydrogen-bond donors (Lipinski definition) is 0. The minimum absolute atomic E-state index is 0.00668. The molecule has 3 atom stereocenters. The van der Waals surface area contributed by atoms with Crippen LogP contribution in [-0.4, -0.2) is 48.8 Å². The molecule has 1 aliphatic carbocycles. The molecule has 0 spiro atoms. The van der Waals surface area contributed by atoms with E-state index in [0.29, 0.717) is 19.8 Å². The maximum absolute atomic E-state index is 12.5. The van der Waals surface area contributed by atoms with Gasteiger partial charge in [-0.2, -0.15) is 0 Å². The smallest absolute Gasteiger partial charge is 0.247 e. The van der Waals surface area contributed by atoms with E-state index in [1.165, 1.54) is 0 Å².